The Kier molecular flexibility index (Phi) is 5.13. The molecule has 1 heterocycles. The van der Waals surface area contributed by atoms with Crippen molar-refractivity contribution in [3.8, 4) is 0 Å². The molecule has 1 saturated heterocycles. The fourth-order valence-electron chi connectivity index (χ4n) is 1.38. The number of amides is 1. The van der Waals surface area contributed by atoms with Gasteiger partial charge in [-0.25, -0.2) is 0 Å². The molecule has 0 aromatic heterocycles. The Morgan fingerprint density at radius 3 is 2.21 bits per heavy atom. The molecule has 1 fully saturated rings. The normalized spacial score (nSPS) is 17.5. The lowest BCUT2D eigenvalue weighted by molar-refractivity contribution is -0.137. The highest BCUT2D eigenvalue weighted by Crippen LogP contribution is 2.20. The van der Waals surface area contributed by atoms with Gasteiger partial charge in [-0.3, -0.25) is 4.79 Å². The maximum Gasteiger partial charge on any atom is 0.223 e. The minimum absolute atomic E-state index is 0. The third kappa shape index (κ3) is 4.61. The monoisotopic (exact) mass is 201 g/mol. The minimum atomic E-state index is 0. The van der Waals surface area contributed by atoms with Crippen LogP contribution in [0.25, 0.3) is 0 Å². The van der Waals surface area contributed by atoms with Gasteiger partial charge in [-0.15, -0.1) is 0 Å². The van der Waals surface area contributed by atoms with Gasteiger partial charge in [0, 0.05) is 19.5 Å². The lowest BCUT2D eigenvalue weighted by atomic mass is 9.91. The predicted molar refractivity (Wildman–Crippen MR) is 58.2 cm³/mol. The molecule has 0 bridgehead atoms. The number of ether oxygens (including phenoxy) is 1. The van der Waals surface area contributed by atoms with Crippen LogP contribution in [0.4, 0.5) is 0 Å². The first-order valence-corrected chi connectivity index (χ1v) is 4.84. The van der Waals surface area contributed by atoms with Crippen LogP contribution in [0.1, 0.15) is 34.6 Å². The molecule has 0 aliphatic carbocycles. The van der Waals surface area contributed by atoms with E-state index in [0.29, 0.717) is 19.6 Å². The molecule has 0 atom stereocenters. The highest BCUT2D eigenvalue weighted by Gasteiger charge is 2.22. The first-order chi connectivity index (χ1) is 5.99. The Morgan fingerprint density at radius 2 is 1.79 bits per heavy atom. The van der Waals surface area contributed by atoms with Gasteiger partial charge < -0.3 is 9.64 Å². The third-order valence-corrected chi connectivity index (χ3v) is 2.05. The van der Waals surface area contributed by atoms with Crippen LogP contribution in [0.5, 0.6) is 0 Å². The zero-order chi connectivity index (χ0) is 9.90. The van der Waals surface area contributed by atoms with Gasteiger partial charge in [-0.1, -0.05) is 28.2 Å². The van der Waals surface area contributed by atoms with E-state index >= 15 is 0 Å². The van der Waals surface area contributed by atoms with E-state index in [1.807, 2.05) is 4.90 Å². The molecule has 0 saturated carbocycles. The Balaban J connectivity index is 0.00000169. The van der Waals surface area contributed by atoms with Crippen molar-refractivity contribution in [2.45, 2.75) is 34.6 Å². The average molecular weight is 201 g/mol. The number of carbonyl (C=O) groups excluding carboxylic acids is 1. The van der Waals surface area contributed by atoms with E-state index in [9.17, 15) is 4.79 Å². The topological polar surface area (TPSA) is 29.5 Å². The van der Waals surface area contributed by atoms with Crippen LogP contribution in [-0.4, -0.2) is 37.1 Å². The summed E-state index contributed by atoms with van der Waals surface area (Å²) in [5.74, 6) is 0.260. The summed E-state index contributed by atoms with van der Waals surface area (Å²) >= 11 is 0. The summed E-state index contributed by atoms with van der Waals surface area (Å²) in [6.45, 7) is 9.16. The van der Waals surface area contributed by atoms with Crippen molar-refractivity contribution >= 4 is 5.91 Å². The van der Waals surface area contributed by atoms with Gasteiger partial charge >= 0.3 is 0 Å². The molecule has 1 amide bonds. The smallest absolute Gasteiger partial charge is 0.223 e. The lowest BCUT2D eigenvalue weighted by Gasteiger charge is -2.29. The summed E-state index contributed by atoms with van der Waals surface area (Å²) in [4.78, 5) is 13.6. The van der Waals surface area contributed by atoms with Crippen LogP contribution in [0.15, 0.2) is 0 Å². The van der Waals surface area contributed by atoms with E-state index < -0.39 is 0 Å². The van der Waals surface area contributed by atoms with Gasteiger partial charge in [-0.05, 0) is 5.41 Å². The molecule has 1 rings (SSSR count). The summed E-state index contributed by atoms with van der Waals surface area (Å²) in [6, 6.07) is 0. The summed E-state index contributed by atoms with van der Waals surface area (Å²) in [5, 5.41) is 0. The Labute approximate surface area is 87.4 Å². The maximum atomic E-state index is 11.7. The van der Waals surface area contributed by atoms with Crippen molar-refractivity contribution in [3.63, 3.8) is 0 Å². The average Bonchev–Trinajstić information content (AvgIpc) is 2.03. The molecule has 84 valence electrons. The standard InChI is InChI=1S/C10H19NO2.CH4/c1-10(2,3)8-9(12)11-4-6-13-7-5-11;/h4-8H2,1-3H3;1H4. The minimum Gasteiger partial charge on any atom is -0.378 e. The van der Waals surface area contributed by atoms with E-state index in [1.165, 1.54) is 0 Å². The van der Waals surface area contributed by atoms with E-state index in [2.05, 4.69) is 20.8 Å². The predicted octanol–water partition coefficient (Wildman–Crippen LogP) is 1.92. The largest absolute Gasteiger partial charge is 0.378 e. The quantitative estimate of drug-likeness (QED) is 0.648. The van der Waals surface area contributed by atoms with Gasteiger partial charge in [0.2, 0.25) is 5.91 Å². The summed E-state index contributed by atoms with van der Waals surface area (Å²) < 4.78 is 5.19. The molecule has 0 N–H and O–H groups in total. The second kappa shape index (κ2) is 5.35. The van der Waals surface area contributed by atoms with Gasteiger partial charge in [0.15, 0.2) is 0 Å². The fraction of sp³-hybridized carbons (Fsp3) is 0.909. The van der Waals surface area contributed by atoms with Crippen molar-refractivity contribution in [1.29, 1.82) is 0 Å². The van der Waals surface area contributed by atoms with Crippen molar-refractivity contribution in [1.82, 2.24) is 4.90 Å². The van der Waals surface area contributed by atoms with E-state index in [1.54, 1.807) is 0 Å². The SMILES string of the molecule is C.CC(C)(C)CC(=O)N1CCOCC1. The number of morpholine rings is 1. The van der Waals surface area contributed by atoms with E-state index in [-0.39, 0.29) is 18.7 Å². The molecular formula is C11H23NO2. The lowest BCUT2D eigenvalue weighted by Crippen LogP contribution is -2.41. The highest BCUT2D eigenvalue weighted by atomic mass is 16.5. The molecule has 1 aliphatic heterocycles. The van der Waals surface area contributed by atoms with Crippen molar-refractivity contribution in [2.24, 2.45) is 5.41 Å². The molecular weight excluding hydrogens is 178 g/mol. The summed E-state index contributed by atoms with van der Waals surface area (Å²) in [5.41, 5.74) is 0.0926. The second-order valence-electron chi connectivity index (χ2n) is 4.73. The van der Waals surface area contributed by atoms with Crippen LogP contribution in [0.3, 0.4) is 0 Å². The molecule has 1 aliphatic rings. The number of nitrogens with zero attached hydrogens (tertiary/aromatic N) is 1. The van der Waals surface area contributed by atoms with Gasteiger partial charge in [0.25, 0.3) is 0 Å². The molecule has 3 nitrogen and oxygen atoms in total. The van der Waals surface area contributed by atoms with Crippen LogP contribution >= 0.6 is 0 Å². The fourth-order valence-corrected chi connectivity index (χ4v) is 1.38. The molecule has 3 heteroatoms. The van der Waals surface area contributed by atoms with Crippen molar-refractivity contribution in [2.75, 3.05) is 26.3 Å². The summed E-state index contributed by atoms with van der Waals surface area (Å²) in [6.07, 6.45) is 0.632. The molecule has 0 aromatic carbocycles. The van der Waals surface area contributed by atoms with Crippen molar-refractivity contribution < 1.29 is 9.53 Å². The van der Waals surface area contributed by atoms with Crippen LogP contribution in [0.2, 0.25) is 0 Å². The molecule has 0 radical (unpaired) electrons. The van der Waals surface area contributed by atoms with Gasteiger partial charge in [0.1, 0.15) is 0 Å². The Morgan fingerprint density at radius 1 is 1.29 bits per heavy atom. The van der Waals surface area contributed by atoms with Crippen LogP contribution in [0, 0.1) is 5.41 Å². The summed E-state index contributed by atoms with van der Waals surface area (Å²) in [7, 11) is 0. The third-order valence-electron chi connectivity index (χ3n) is 2.05. The maximum absolute atomic E-state index is 11.7. The van der Waals surface area contributed by atoms with Crippen molar-refractivity contribution in [3.05, 3.63) is 0 Å². The number of rotatable bonds is 1. The molecule has 0 unspecified atom stereocenters. The number of hydrogen-bond acceptors (Lipinski definition) is 2. The number of hydrogen-bond donors (Lipinski definition) is 0. The number of carbonyl (C=O) groups is 1. The molecule has 0 spiro atoms. The Hall–Kier alpha value is -0.570. The van der Waals surface area contributed by atoms with Crippen LogP contribution in [-0.2, 0) is 9.53 Å². The second-order valence-corrected chi connectivity index (χ2v) is 4.73. The van der Waals surface area contributed by atoms with Crippen LogP contribution < -0.4 is 0 Å². The molecule has 14 heavy (non-hydrogen) atoms. The van der Waals surface area contributed by atoms with E-state index in [0.717, 1.165) is 13.1 Å². The molecule has 0 aromatic rings. The van der Waals surface area contributed by atoms with Gasteiger partial charge in [-0.2, -0.15) is 0 Å². The van der Waals surface area contributed by atoms with Gasteiger partial charge in [0.05, 0.1) is 13.2 Å². The zero-order valence-electron chi connectivity index (χ0n) is 8.80. The highest BCUT2D eigenvalue weighted by molar-refractivity contribution is 5.76. The van der Waals surface area contributed by atoms with E-state index in [4.69, 9.17) is 4.74 Å². The Bertz CT molecular complexity index is 178. The first kappa shape index (κ1) is 13.4. The first-order valence-electron chi connectivity index (χ1n) is 4.84. The zero-order valence-corrected chi connectivity index (χ0v) is 8.80.